The number of nitrogens with two attached hydrogens (primary N) is 1. The average molecular weight is 238 g/mol. The number of benzene rings is 1. The molecule has 1 rings (SSSR count). The lowest BCUT2D eigenvalue weighted by atomic mass is 10.1. The summed E-state index contributed by atoms with van der Waals surface area (Å²) in [5, 5.41) is 0.694. The van der Waals surface area contributed by atoms with E-state index < -0.39 is 0 Å². The Morgan fingerprint density at radius 1 is 1.50 bits per heavy atom. The molecule has 2 nitrogen and oxygen atoms in total. The lowest BCUT2D eigenvalue weighted by Crippen LogP contribution is -2.18. The molecule has 86 valence electrons. The van der Waals surface area contributed by atoms with Gasteiger partial charge in [-0.15, -0.1) is 5.92 Å². The largest absolute Gasteiger partial charge is 0.481 e. The second-order valence-electron chi connectivity index (χ2n) is 3.61. The molecule has 0 saturated carbocycles. The smallest absolute Gasteiger partial charge is 0.149 e. The molecule has 1 unspecified atom stereocenters. The summed E-state index contributed by atoms with van der Waals surface area (Å²) in [5.41, 5.74) is 6.73. The van der Waals surface area contributed by atoms with E-state index in [0.29, 0.717) is 18.1 Å². The Morgan fingerprint density at radius 3 is 2.88 bits per heavy atom. The summed E-state index contributed by atoms with van der Waals surface area (Å²) in [5.74, 6) is 6.40. The van der Waals surface area contributed by atoms with Crippen LogP contribution in [0.3, 0.4) is 0 Å². The number of hydrogen-bond donors (Lipinski definition) is 1. The lowest BCUT2D eigenvalue weighted by molar-refractivity contribution is 0.365. The van der Waals surface area contributed by atoms with Crippen molar-refractivity contribution in [2.45, 2.75) is 26.3 Å². The van der Waals surface area contributed by atoms with Gasteiger partial charge in [-0.2, -0.15) is 0 Å². The van der Waals surface area contributed by atoms with Gasteiger partial charge < -0.3 is 10.5 Å². The van der Waals surface area contributed by atoms with Crippen molar-refractivity contribution in [1.82, 2.24) is 0 Å². The lowest BCUT2D eigenvalue weighted by Gasteiger charge is -2.13. The highest BCUT2D eigenvalue weighted by Gasteiger charge is 2.09. The number of hydrogen-bond acceptors (Lipinski definition) is 2. The molecular weight excluding hydrogens is 222 g/mol. The van der Waals surface area contributed by atoms with Crippen LogP contribution < -0.4 is 10.5 Å². The van der Waals surface area contributed by atoms with E-state index in [1.807, 2.05) is 25.1 Å². The van der Waals surface area contributed by atoms with Gasteiger partial charge in [-0.3, -0.25) is 0 Å². The first-order valence-corrected chi connectivity index (χ1v) is 5.58. The van der Waals surface area contributed by atoms with Crippen LogP contribution in [-0.4, -0.2) is 12.6 Å². The predicted octanol–water partition coefficient (Wildman–Crippen LogP) is 2.63. The van der Waals surface area contributed by atoms with Gasteiger partial charge in [-0.25, -0.2) is 0 Å². The van der Waals surface area contributed by atoms with Crippen molar-refractivity contribution in [2.24, 2.45) is 5.73 Å². The molecule has 3 heteroatoms. The molecule has 16 heavy (non-hydrogen) atoms. The summed E-state index contributed by atoms with van der Waals surface area (Å²) < 4.78 is 5.55. The van der Waals surface area contributed by atoms with Gasteiger partial charge in [0.25, 0.3) is 0 Å². The number of rotatable bonds is 4. The summed E-state index contributed by atoms with van der Waals surface area (Å²) in [6.07, 6.45) is 0.703. The highest BCUT2D eigenvalue weighted by molar-refractivity contribution is 6.31. The Labute approximate surface area is 102 Å². The molecule has 1 aromatic rings. The first kappa shape index (κ1) is 12.9. The van der Waals surface area contributed by atoms with Gasteiger partial charge in [-0.1, -0.05) is 23.6 Å². The van der Waals surface area contributed by atoms with E-state index in [4.69, 9.17) is 22.1 Å². The van der Waals surface area contributed by atoms with Gasteiger partial charge in [0.1, 0.15) is 12.4 Å². The van der Waals surface area contributed by atoms with E-state index >= 15 is 0 Å². The van der Waals surface area contributed by atoms with E-state index in [0.717, 1.165) is 11.3 Å². The highest BCUT2D eigenvalue weighted by atomic mass is 35.5. The van der Waals surface area contributed by atoms with Crippen LogP contribution in [0.5, 0.6) is 5.75 Å². The van der Waals surface area contributed by atoms with E-state index in [2.05, 4.69) is 11.8 Å². The molecule has 2 N–H and O–H groups in total. The van der Waals surface area contributed by atoms with Crippen LogP contribution in [0.4, 0.5) is 0 Å². The molecular formula is C13H16ClNO. The van der Waals surface area contributed by atoms with Crippen molar-refractivity contribution in [3.63, 3.8) is 0 Å². The summed E-state index contributed by atoms with van der Waals surface area (Å²) in [6.45, 7) is 4.10. The Morgan fingerprint density at radius 2 is 2.25 bits per heavy atom. The molecule has 0 bridgehead atoms. The molecule has 0 fully saturated rings. The summed E-state index contributed by atoms with van der Waals surface area (Å²) in [4.78, 5) is 0. The van der Waals surface area contributed by atoms with Gasteiger partial charge in [0, 0.05) is 16.6 Å². The third kappa shape index (κ3) is 3.77. The van der Waals surface area contributed by atoms with E-state index in [9.17, 15) is 0 Å². The van der Waals surface area contributed by atoms with E-state index in [-0.39, 0.29) is 6.04 Å². The SMILES string of the molecule is CC#CCOc1cccc(Cl)c1CC(C)N. The zero-order valence-corrected chi connectivity index (χ0v) is 10.3. The van der Waals surface area contributed by atoms with Gasteiger partial charge in [0.2, 0.25) is 0 Å². The van der Waals surface area contributed by atoms with Crippen molar-refractivity contribution >= 4 is 11.6 Å². The fraction of sp³-hybridized carbons (Fsp3) is 0.385. The molecule has 0 spiro atoms. The maximum atomic E-state index is 6.11. The molecule has 0 saturated heterocycles. The standard InChI is InChI=1S/C13H16ClNO/c1-3-4-8-16-13-7-5-6-12(14)11(13)9-10(2)15/h5-7,10H,8-9,15H2,1-2H3. The van der Waals surface area contributed by atoms with Crippen molar-refractivity contribution < 1.29 is 4.74 Å². The van der Waals surface area contributed by atoms with E-state index in [1.54, 1.807) is 6.92 Å². The van der Waals surface area contributed by atoms with Crippen LogP contribution >= 0.6 is 11.6 Å². The zero-order valence-electron chi connectivity index (χ0n) is 9.59. The monoisotopic (exact) mass is 237 g/mol. The first-order chi connectivity index (χ1) is 7.65. The van der Waals surface area contributed by atoms with Crippen molar-refractivity contribution in [2.75, 3.05) is 6.61 Å². The fourth-order valence-corrected chi connectivity index (χ4v) is 1.62. The molecule has 0 aromatic heterocycles. The molecule has 0 heterocycles. The number of halogens is 1. The third-order valence-corrected chi connectivity index (χ3v) is 2.43. The molecule has 0 aliphatic heterocycles. The van der Waals surface area contributed by atoms with Gasteiger partial charge in [0.05, 0.1) is 0 Å². The predicted molar refractivity (Wildman–Crippen MR) is 67.8 cm³/mol. The van der Waals surface area contributed by atoms with Gasteiger partial charge in [-0.05, 0) is 32.4 Å². The average Bonchev–Trinajstić information content (AvgIpc) is 2.23. The Bertz CT molecular complexity index is 404. The third-order valence-electron chi connectivity index (χ3n) is 2.08. The molecule has 1 atom stereocenters. The van der Waals surface area contributed by atoms with Crippen molar-refractivity contribution in [3.05, 3.63) is 28.8 Å². The van der Waals surface area contributed by atoms with Gasteiger partial charge in [0.15, 0.2) is 0 Å². The maximum Gasteiger partial charge on any atom is 0.149 e. The summed E-state index contributed by atoms with van der Waals surface area (Å²) in [6, 6.07) is 5.65. The Balaban J connectivity index is 2.87. The second-order valence-corrected chi connectivity index (χ2v) is 4.02. The molecule has 1 aromatic carbocycles. The first-order valence-electron chi connectivity index (χ1n) is 5.20. The van der Waals surface area contributed by atoms with Crippen LogP contribution in [0.1, 0.15) is 19.4 Å². The molecule has 0 aliphatic carbocycles. The summed E-state index contributed by atoms with van der Waals surface area (Å²) >= 11 is 6.11. The van der Waals surface area contributed by atoms with Crippen LogP contribution in [-0.2, 0) is 6.42 Å². The Kier molecular flexibility index (Phi) is 5.18. The molecule has 0 radical (unpaired) electrons. The molecule has 0 aliphatic rings. The minimum atomic E-state index is 0.0551. The minimum absolute atomic E-state index is 0.0551. The van der Waals surface area contributed by atoms with Crippen LogP contribution in [0, 0.1) is 11.8 Å². The van der Waals surface area contributed by atoms with Crippen LogP contribution in [0.15, 0.2) is 18.2 Å². The topological polar surface area (TPSA) is 35.2 Å². The minimum Gasteiger partial charge on any atom is -0.481 e. The van der Waals surface area contributed by atoms with Crippen molar-refractivity contribution in [1.29, 1.82) is 0 Å². The Hall–Kier alpha value is -1.17. The molecule has 0 amide bonds. The number of ether oxygens (including phenoxy) is 1. The van der Waals surface area contributed by atoms with Crippen molar-refractivity contribution in [3.8, 4) is 17.6 Å². The quantitative estimate of drug-likeness (QED) is 0.818. The van der Waals surface area contributed by atoms with E-state index in [1.165, 1.54) is 0 Å². The normalized spacial score (nSPS) is 11.5. The van der Waals surface area contributed by atoms with Crippen LogP contribution in [0.2, 0.25) is 5.02 Å². The fourth-order valence-electron chi connectivity index (χ4n) is 1.38. The summed E-state index contributed by atoms with van der Waals surface area (Å²) in [7, 11) is 0. The highest BCUT2D eigenvalue weighted by Crippen LogP contribution is 2.27. The second kappa shape index (κ2) is 6.42. The maximum absolute atomic E-state index is 6.11. The van der Waals surface area contributed by atoms with Gasteiger partial charge >= 0.3 is 0 Å². The zero-order chi connectivity index (χ0) is 12.0. The van der Waals surface area contributed by atoms with Crippen LogP contribution in [0.25, 0.3) is 0 Å².